The van der Waals surface area contributed by atoms with E-state index in [0.717, 1.165) is 30.0 Å². The molecule has 0 aromatic rings. The lowest BCUT2D eigenvalue weighted by Crippen LogP contribution is -2.72. The zero-order valence-corrected chi connectivity index (χ0v) is 14.7. The number of rotatable bonds is 1. The van der Waals surface area contributed by atoms with E-state index in [1.165, 1.54) is 90.4 Å². The van der Waals surface area contributed by atoms with Crippen molar-refractivity contribution < 1.29 is 0 Å². The standard InChI is InChI=1S/C20H35N3/c1-3-9-21-18(8-1)20-13-16(12-15-6-5-10-22-19(15)20)17-7-2-4-11-23(17)14-20/h15-19,21-22H,1-14H2/t15-,16?,17+,18-,19-,20+/m1/s1. The van der Waals surface area contributed by atoms with Crippen LogP contribution in [0.1, 0.15) is 64.2 Å². The summed E-state index contributed by atoms with van der Waals surface area (Å²) in [6.07, 6.45) is 14.6. The van der Waals surface area contributed by atoms with Crippen LogP contribution >= 0.6 is 0 Å². The Morgan fingerprint density at radius 2 is 1.74 bits per heavy atom. The van der Waals surface area contributed by atoms with E-state index in [9.17, 15) is 0 Å². The molecule has 130 valence electrons. The van der Waals surface area contributed by atoms with Crippen LogP contribution in [-0.2, 0) is 0 Å². The first-order chi connectivity index (χ1) is 11.4. The lowest BCUT2D eigenvalue weighted by molar-refractivity contribution is -0.117. The molecule has 1 aliphatic carbocycles. The molecule has 1 saturated carbocycles. The van der Waals surface area contributed by atoms with E-state index in [0.29, 0.717) is 5.41 Å². The number of hydrogen-bond donors (Lipinski definition) is 2. The largest absolute Gasteiger partial charge is 0.313 e. The second-order valence-corrected chi connectivity index (χ2v) is 9.30. The molecule has 1 unspecified atom stereocenters. The first-order valence-corrected chi connectivity index (χ1v) is 10.6. The van der Waals surface area contributed by atoms with Crippen LogP contribution in [-0.4, -0.2) is 49.2 Å². The van der Waals surface area contributed by atoms with Crippen molar-refractivity contribution in [3.05, 3.63) is 0 Å². The predicted octanol–water partition coefficient (Wildman–Crippen LogP) is 2.76. The lowest BCUT2D eigenvalue weighted by atomic mass is 9.52. The van der Waals surface area contributed by atoms with Gasteiger partial charge in [-0.25, -0.2) is 0 Å². The highest BCUT2D eigenvalue weighted by Gasteiger charge is 2.58. The van der Waals surface area contributed by atoms with Gasteiger partial charge in [-0.1, -0.05) is 12.8 Å². The molecule has 0 aromatic carbocycles. The summed E-state index contributed by atoms with van der Waals surface area (Å²) in [7, 11) is 0. The second kappa shape index (κ2) is 6.00. The van der Waals surface area contributed by atoms with Crippen molar-refractivity contribution in [1.82, 2.24) is 15.5 Å². The third-order valence-corrected chi connectivity index (χ3v) is 8.16. The van der Waals surface area contributed by atoms with Crippen LogP contribution in [0.2, 0.25) is 0 Å². The topological polar surface area (TPSA) is 27.3 Å². The molecule has 4 saturated heterocycles. The summed E-state index contributed by atoms with van der Waals surface area (Å²) < 4.78 is 0. The maximum Gasteiger partial charge on any atom is 0.0179 e. The fourth-order valence-electron chi connectivity index (χ4n) is 7.36. The molecule has 5 fully saturated rings. The Bertz CT molecular complexity index is 431. The molecule has 3 nitrogen and oxygen atoms in total. The molecule has 3 heteroatoms. The van der Waals surface area contributed by atoms with Crippen LogP contribution < -0.4 is 10.6 Å². The van der Waals surface area contributed by atoms with E-state index < -0.39 is 0 Å². The smallest absolute Gasteiger partial charge is 0.0179 e. The third kappa shape index (κ3) is 2.41. The summed E-state index contributed by atoms with van der Waals surface area (Å²) in [5.74, 6) is 1.96. The number of nitrogens with zero attached hydrogens (tertiary/aromatic N) is 1. The van der Waals surface area contributed by atoms with Crippen molar-refractivity contribution in [2.45, 2.75) is 82.3 Å². The van der Waals surface area contributed by atoms with Crippen LogP contribution in [0.25, 0.3) is 0 Å². The van der Waals surface area contributed by atoms with Crippen LogP contribution in [0, 0.1) is 17.3 Å². The molecule has 2 N–H and O–H groups in total. The van der Waals surface area contributed by atoms with Gasteiger partial charge in [-0.2, -0.15) is 0 Å². The number of piperidine rings is 4. The Labute approximate surface area is 142 Å². The molecule has 2 bridgehead atoms. The molecule has 23 heavy (non-hydrogen) atoms. The molecule has 5 rings (SSSR count). The Hall–Kier alpha value is -0.120. The van der Waals surface area contributed by atoms with Crippen LogP contribution in [0.15, 0.2) is 0 Å². The molecule has 0 amide bonds. The first kappa shape index (κ1) is 15.2. The minimum Gasteiger partial charge on any atom is -0.313 e. The van der Waals surface area contributed by atoms with Gasteiger partial charge < -0.3 is 10.6 Å². The van der Waals surface area contributed by atoms with Gasteiger partial charge in [-0.05, 0) is 82.8 Å². The van der Waals surface area contributed by atoms with Gasteiger partial charge in [0.1, 0.15) is 0 Å². The quantitative estimate of drug-likeness (QED) is 0.779. The van der Waals surface area contributed by atoms with Gasteiger partial charge in [-0.15, -0.1) is 0 Å². The lowest BCUT2D eigenvalue weighted by Gasteiger charge is -2.64. The third-order valence-electron chi connectivity index (χ3n) is 8.16. The van der Waals surface area contributed by atoms with Gasteiger partial charge in [0.25, 0.3) is 0 Å². The summed E-state index contributed by atoms with van der Waals surface area (Å²) in [4.78, 5) is 2.94. The fraction of sp³-hybridized carbons (Fsp3) is 1.00. The summed E-state index contributed by atoms with van der Waals surface area (Å²) in [5.41, 5.74) is 0.530. The molecule has 0 spiro atoms. The summed E-state index contributed by atoms with van der Waals surface area (Å²) >= 11 is 0. The average Bonchev–Trinajstić information content (AvgIpc) is 2.63. The van der Waals surface area contributed by atoms with Gasteiger partial charge in [0.15, 0.2) is 0 Å². The van der Waals surface area contributed by atoms with Gasteiger partial charge in [0.05, 0.1) is 0 Å². The van der Waals surface area contributed by atoms with Gasteiger partial charge in [0, 0.05) is 30.1 Å². The fourth-order valence-corrected chi connectivity index (χ4v) is 7.36. The van der Waals surface area contributed by atoms with Gasteiger partial charge >= 0.3 is 0 Å². The van der Waals surface area contributed by atoms with Crippen molar-refractivity contribution in [2.24, 2.45) is 17.3 Å². The van der Waals surface area contributed by atoms with E-state index >= 15 is 0 Å². The van der Waals surface area contributed by atoms with E-state index in [4.69, 9.17) is 0 Å². The monoisotopic (exact) mass is 317 g/mol. The Balaban J connectivity index is 1.50. The first-order valence-electron chi connectivity index (χ1n) is 10.6. The molecule has 0 aromatic heterocycles. The van der Waals surface area contributed by atoms with Crippen LogP contribution in [0.4, 0.5) is 0 Å². The molecule has 0 radical (unpaired) electrons. The van der Waals surface area contributed by atoms with E-state index in [-0.39, 0.29) is 0 Å². The molecular formula is C20H35N3. The van der Waals surface area contributed by atoms with Crippen molar-refractivity contribution >= 4 is 0 Å². The summed E-state index contributed by atoms with van der Waals surface area (Å²) in [6, 6.07) is 2.51. The number of nitrogens with one attached hydrogen (secondary N) is 2. The van der Waals surface area contributed by atoms with Crippen molar-refractivity contribution in [3.8, 4) is 0 Å². The highest BCUT2D eigenvalue weighted by Crippen LogP contribution is 2.55. The van der Waals surface area contributed by atoms with Crippen LogP contribution in [0.3, 0.4) is 0 Å². The normalized spacial score (nSPS) is 50.9. The predicted molar refractivity (Wildman–Crippen MR) is 94.5 cm³/mol. The summed E-state index contributed by atoms with van der Waals surface area (Å²) in [6.45, 7) is 5.30. The minimum absolute atomic E-state index is 0.530. The summed E-state index contributed by atoms with van der Waals surface area (Å²) in [5, 5.41) is 8.04. The zero-order chi connectivity index (χ0) is 15.3. The van der Waals surface area contributed by atoms with Crippen molar-refractivity contribution in [1.29, 1.82) is 0 Å². The van der Waals surface area contributed by atoms with Crippen molar-refractivity contribution in [2.75, 3.05) is 26.2 Å². The molecule has 4 aliphatic heterocycles. The minimum atomic E-state index is 0.530. The second-order valence-electron chi connectivity index (χ2n) is 9.30. The Morgan fingerprint density at radius 3 is 2.65 bits per heavy atom. The van der Waals surface area contributed by atoms with Crippen LogP contribution in [0.5, 0.6) is 0 Å². The molecule has 6 atom stereocenters. The van der Waals surface area contributed by atoms with E-state index in [1.807, 2.05) is 0 Å². The molecular weight excluding hydrogens is 282 g/mol. The van der Waals surface area contributed by atoms with Gasteiger partial charge in [0.2, 0.25) is 0 Å². The highest BCUT2D eigenvalue weighted by atomic mass is 15.2. The maximum atomic E-state index is 4.04. The van der Waals surface area contributed by atoms with E-state index in [2.05, 4.69) is 15.5 Å². The van der Waals surface area contributed by atoms with Crippen molar-refractivity contribution in [3.63, 3.8) is 0 Å². The average molecular weight is 318 g/mol. The van der Waals surface area contributed by atoms with E-state index in [1.54, 1.807) is 0 Å². The highest BCUT2D eigenvalue weighted by molar-refractivity contribution is 5.14. The number of hydrogen-bond acceptors (Lipinski definition) is 3. The Morgan fingerprint density at radius 1 is 0.826 bits per heavy atom. The zero-order valence-electron chi connectivity index (χ0n) is 14.7. The maximum absolute atomic E-state index is 4.04. The number of fused-ring (bicyclic) bond motifs is 6. The molecule has 4 heterocycles. The molecule has 5 aliphatic rings. The van der Waals surface area contributed by atoms with Gasteiger partial charge in [-0.3, -0.25) is 4.90 Å². The Kier molecular flexibility index (Phi) is 3.95. The SMILES string of the molecule is C1CC[C@H]([C@@]23CC(C[C@H]4CCCN[C@H]42)[C@@H]2CCCCN2C3)NC1.